The highest BCUT2D eigenvalue weighted by molar-refractivity contribution is 5.99. The van der Waals surface area contributed by atoms with Gasteiger partial charge in [0.05, 0.1) is 6.04 Å². The van der Waals surface area contributed by atoms with Gasteiger partial charge in [-0.05, 0) is 35.2 Å². The molecule has 212 valence electrons. The quantitative estimate of drug-likeness (QED) is 0.489. The third-order valence-corrected chi connectivity index (χ3v) is 9.69. The number of pyridine rings is 1. The van der Waals surface area contributed by atoms with Gasteiger partial charge in [-0.3, -0.25) is 14.4 Å². The lowest BCUT2D eigenvalue weighted by Gasteiger charge is -2.40. The molecule has 2 unspecified atom stereocenters. The van der Waals surface area contributed by atoms with Gasteiger partial charge in [0.25, 0.3) is 11.8 Å². The van der Waals surface area contributed by atoms with E-state index in [0.717, 1.165) is 5.56 Å². The van der Waals surface area contributed by atoms with E-state index in [0.29, 0.717) is 48.3 Å². The highest BCUT2D eigenvalue weighted by atomic mass is 19.1. The van der Waals surface area contributed by atoms with E-state index in [1.807, 2.05) is 35.2 Å². The Balaban J connectivity index is 1.25. The number of ether oxygens (including phenoxy) is 1. The first-order chi connectivity index (χ1) is 19.7. The number of hydrogen-bond acceptors (Lipinski definition) is 4. The first kappa shape index (κ1) is 25.9. The second-order valence-corrected chi connectivity index (χ2v) is 11.7. The molecule has 7 atom stereocenters. The van der Waals surface area contributed by atoms with Gasteiger partial charge in [-0.2, -0.15) is 0 Å². The number of rotatable bonds is 6. The Labute approximate surface area is 233 Å². The van der Waals surface area contributed by atoms with Crippen LogP contribution in [0.2, 0.25) is 0 Å². The number of nitrogens with one attached hydrogen (secondary N) is 1. The molecule has 0 spiro atoms. The van der Waals surface area contributed by atoms with Crippen molar-refractivity contribution < 1.29 is 27.5 Å². The molecule has 2 aliphatic heterocycles. The SMILES string of the molecule is C[C@H]1C2[C@@H]3[C@H](C)[C@@H]3C1N1C(=O)c3c(OCc4ccccc4)c(=O)c(C(=O)NCc4c(F)cc(F)cc4F)cn3C[C@@H]21. The van der Waals surface area contributed by atoms with Crippen molar-refractivity contribution in [2.45, 2.75) is 45.6 Å². The van der Waals surface area contributed by atoms with Crippen LogP contribution in [-0.4, -0.2) is 33.4 Å². The molecule has 2 aliphatic carbocycles. The second-order valence-electron chi connectivity index (χ2n) is 11.7. The normalized spacial score (nSPS) is 28.7. The summed E-state index contributed by atoms with van der Waals surface area (Å²) < 4.78 is 49.3. The standard InChI is InChI=1S/C31H28F3N3O4/c1-14-24-23-15(2)26(25(14)24)37-22(23)12-36-11-19(30(39)35-10-18-20(33)8-17(32)9-21(18)34)28(38)29(27(36)31(37)40)41-13-16-6-4-3-5-7-16/h3-9,11,14-15,22-26H,10,12-13H2,1-2H3,(H,35,39)/t14-,15-,22-,23?,24-,25-,26?/m0/s1. The van der Waals surface area contributed by atoms with Crippen LogP contribution >= 0.6 is 0 Å². The monoisotopic (exact) mass is 563 g/mol. The largest absolute Gasteiger partial charge is 0.483 e. The summed E-state index contributed by atoms with van der Waals surface area (Å²) in [5.74, 6) is -2.50. The Morgan fingerprint density at radius 2 is 1.71 bits per heavy atom. The summed E-state index contributed by atoms with van der Waals surface area (Å²) in [5.41, 5.74) is -0.749. The summed E-state index contributed by atoms with van der Waals surface area (Å²) in [5, 5.41) is 2.37. The lowest BCUT2D eigenvalue weighted by molar-refractivity contribution is 0.0458. The van der Waals surface area contributed by atoms with Gasteiger partial charge >= 0.3 is 0 Å². The molecule has 2 saturated carbocycles. The highest BCUT2D eigenvalue weighted by Gasteiger charge is 2.73. The molecule has 3 aromatic rings. The number of fused-ring (bicyclic) bond motifs is 9. The molecular formula is C31H28F3N3O4. The van der Waals surface area contributed by atoms with Gasteiger partial charge in [-0.1, -0.05) is 44.2 Å². The summed E-state index contributed by atoms with van der Waals surface area (Å²) >= 11 is 0. The third kappa shape index (κ3) is 3.83. The maximum atomic E-state index is 14.2. The van der Waals surface area contributed by atoms with Crippen molar-refractivity contribution >= 4 is 11.8 Å². The van der Waals surface area contributed by atoms with E-state index in [2.05, 4.69) is 19.2 Å². The van der Waals surface area contributed by atoms with Crippen LogP contribution in [0.25, 0.3) is 0 Å². The van der Waals surface area contributed by atoms with E-state index in [9.17, 15) is 27.6 Å². The minimum absolute atomic E-state index is 0.00104. The fraction of sp³-hybridized carbons (Fsp3) is 0.387. The number of hydrogen-bond donors (Lipinski definition) is 1. The predicted octanol–water partition coefficient (Wildman–Crippen LogP) is 4.13. The molecule has 2 aromatic carbocycles. The van der Waals surface area contributed by atoms with Gasteiger partial charge in [-0.15, -0.1) is 0 Å². The van der Waals surface area contributed by atoms with Crippen LogP contribution in [0, 0.1) is 47.0 Å². The number of benzene rings is 2. The third-order valence-electron chi connectivity index (χ3n) is 9.69. The molecule has 0 radical (unpaired) electrons. The van der Waals surface area contributed by atoms with E-state index in [-0.39, 0.29) is 41.6 Å². The number of halogens is 3. The van der Waals surface area contributed by atoms with Gasteiger partial charge in [0.1, 0.15) is 29.6 Å². The Morgan fingerprint density at radius 3 is 2.41 bits per heavy atom. The summed E-state index contributed by atoms with van der Waals surface area (Å²) in [7, 11) is 0. The molecule has 7 rings (SSSR count). The van der Waals surface area contributed by atoms with Crippen LogP contribution < -0.4 is 15.5 Å². The maximum Gasteiger partial charge on any atom is 0.275 e. The van der Waals surface area contributed by atoms with Gasteiger partial charge in [0.2, 0.25) is 5.43 Å². The maximum absolute atomic E-state index is 14.2. The Hall–Kier alpha value is -4.08. The van der Waals surface area contributed by atoms with Crippen molar-refractivity contribution in [3.05, 3.63) is 98.7 Å². The summed E-state index contributed by atoms with van der Waals surface area (Å²) in [4.78, 5) is 43.0. The first-order valence-electron chi connectivity index (χ1n) is 13.9. The zero-order valence-electron chi connectivity index (χ0n) is 22.4. The summed E-state index contributed by atoms with van der Waals surface area (Å²) in [6.45, 7) is 4.22. The molecule has 1 saturated heterocycles. The average molecular weight is 564 g/mol. The molecule has 10 heteroatoms. The van der Waals surface area contributed by atoms with Crippen LogP contribution in [0.1, 0.15) is 45.8 Å². The summed E-state index contributed by atoms with van der Waals surface area (Å²) in [6.07, 6.45) is 1.35. The smallest absolute Gasteiger partial charge is 0.275 e. The van der Waals surface area contributed by atoms with Gasteiger partial charge < -0.3 is 19.5 Å². The molecule has 3 heterocycles. The van der Waals surface area contributed by atoms with Crippen LogP contribution in [-0.2, 0) is 19.7 Å². The number of carbonyl (C=O) groups is 2. The van der Waals surface area contributed by atoms with Gasteiger partial charge in [0, 0.05) is 43.0 Å². The zero-order valence-corrected chi connectivity index (χ0v) is 22.4. The van der Waals surface area contributed by atoms with E-state index < -0.39 is 40.9 Å². The van der Waals surface area contributed by atoms with E-state index in [1.165, 1.54) is 6.20 Å². The molecule has 41 heavy (non-hydrogen) atoms. The molecule has 2 bridgehead atoms. The number of aromatic nitrogens is 1. The Morgan fingerprint density at radius 1 is 1.00 bits per heavy atom. The summed E-state index contributed by atoms with van der Waals surface area (Å²) in [6, 6.07) is 10.2. The highest BCUT2D eigenvalue weighted by Crippen LogP contribution is 2.69. The molecule has 4 aliphatic rings. The van der Waals surface area contributed by atoms with Crippen molar-refractivity contribution in [1.82, 2.24) is 14.8 Å². The Bertz CT molecular complexity index is 1640. The van der Waals surface area contributed by atoms with Crippen LogP contribution in [0.3, 0.4) is 0 Å². The van der Waals surface area contributed by atoms with Crippen molar-refractivity contribution in [2.24, 2.45) is 29.6 Å². The lowest BCUT2D eigenvalue weighted by Crippen LogP contribution is -2.53. The van der Waals surface area contributed by atoms with Gasteiger partial charge in [0.15, 0.2) is 11.4 Å². The lowest BCUT2D eigenvalue weighted by atomic mass is 9.87. The van der Waals surface area contributed by atoms with Crippen LogP contribution in [0.4, 0.5) is 13.2 Å². The number of carbonyl (C=O) groups excluding carboxylic acids is 2. The predicted molar refractivity (Wildman–Crippen MR) is 142 cm³/mol. The Kier molecular flexibility index (Phi) is 5.82. The van der Waals surface area contributed by atoms with Crippen molar-refractivity contribution in [3.8, 4) is 5.75 Å². The van der Waals surface area contributed by atoms with E-state index in [1.54, 1.807) is 4.57 Å². The van der Waals surface area contributed by atoms with Crippen molar-refractivity contribution in [1.29, 1.82) is 0 Å². The number of nitrogens with zero attached hydrogens (tertiary/aromatic N) is 2. The molecule has 1 aromatic heterocycles. The van der Waals surface area contributed by atoms with Crippen molar-refractivity contribution in [3.63, 3.8) is 0 Å². The fourth-order valence-electron chi connectivity index (χ4n) is 7.91. The topological polar surface area (TPSA) is 80.6 Å². The molecular weight excluding hydrogens is 535 g/mol. The minimum Gasteiger partial charge on any atom is -0.483 e. The molecule has 1 N–H and O–H groups in total. The molecule has 3 fully saturated rings. The second kappa shape index (κ2) is 9.22. The average Bonchev–Trinajstić information content (AvgIpc) is 3.37. The number of piperidine rings is 1. The fourth-order valence-corrected chi connectivity index (χ4v) is 7.91. The zero-order chi connectivity index (χ0) is 28.7. The van der Waals surface area contributed by atoms with Gasteiger partial charge in [-0.25, -0.2) is 13.2 Å². The number of amides is 2. The van der Waals surface area contributed by atoms with Crippen LogP contribution in [0.15, 0.2) is 53.5 Å². The first-order valence-corrected chi connectivity index (χ1v) is 13.9. The van der Waals surface area contributed by atoms with E-state index in [4.69, 9.17) is 4.74 Å². The van der Waals surface area contributed by atoms with Crippen molar-refractivity contribution in [2.75, 3.05) is 0 Å². The van der Waals surface area contributed by atoms with E-state index >= 15 is 0 Å². The molecule has 7 nitrogen and oxygen atoms in total. The van der Waals surface area contributed by atoms with Crippen LogP contribution in [0.5, 0.6) is 5.75 Å². The minimum atomic E-state index is -1.15. The molecule has 2 amide bonds.